The Balaban J connectivity index is 2.31. The van der Waals surface area contributed by atoms with Crippen LogP contribution in [0.25, 0.3) is 21.2 Å². The Morgan fingerprint density at radius 2 is 1.93 bits per heavy atom. The molecule has 0 atom stereocenters. The van der Waals surface area contributed by atoms with Crippen LogP contribution in [0.5, 0.6) is 0 Å². The molecule has 1 nitrogen and oxygen atoms in total. The van der Waals surface area contributed by atoms with E-state index >= 15 is 0 Å². The first kappa shape index (κ1) is 8.62. The molecule has 0 aliphatic carbocycles. The number of hydrogen-bond donors (Lipinski definition) is 0. The van der Waals surface area contributed by atoms with Crippen LogP contribution in [0.4, 0.5) is 0 Å². The van der Waals surface area contributed by atoms with Crippen LogP contribution < -0.4 is 0 Å². The van der Waals surface area contributed by atoms with Gasteiger partial charge in [0.25, 0.3) is 0 Å². The first-order valence-electron chi connectivity index (χ1n) is 4.73. The quantitative estimate of drug-likeness (QED) is 0.596. The second kappa shape index (κ2) is 3.48. The smallest absolute Gasteiger partial charge is 0.0427 e. The van der Waals surface area contributed by atoms with Gasteiger partial charge < -0.3 is 0 Å². The monoisotopic (exact) mass is 210 g/mol. The Kier molecular flexibility index (Phi) is 2.00. The molecular weight excluding hydrogens is 202 g/mol. The highest BCUT2D eigenvalue weighted by Crippen LogP contribution is 2.31. The Hall–Kier alpha value is -1.67. The molecule has 3 rings (SSSR count). The molecule has 0 bridgehead atoms. The van der Waals surface area contributed by atoms with Crippen LogP contribution in [0.1, 0.15) is 0 Å². The van der Waals surface area contributed by atoms with Gasteiger partial charge in [-0.1, -0.05) is 12.1 Å². The summed E-state index contributed by atoms with van der Waals surface area (Å²) in [7, 11) is 0. The molecule has 71 valence electrons. The number of rotatable bonds is 1. The molecule has 1 radical (unpaired) electrons. The summed E-state index contributed by atoms with van der Waals surface area (Å²) in [5, 5.41) is 3.40. The fourth-order valence-corrected chi connectivity index (χ4v) is 2.58. The molecule has 2 heterocycles. The van der Waals surface area contributed by atoms with Gasteiger partial charge in [0.1, 0.15) is 0 Å². The van der Waals surface area contributed by atoms with Crippen molar-refractivity contribution < 1.29 is 0 Å². The summed E-state index contributed by atoms with van der Waals surface area (Å²) in [5.74, 6) is 0. The van der Waals surface area contributed by atoms with E-state index in [1.165, 1.54) is 21.2 Å². The Bertz CT molecular complexity index is 584. The average Bonchev–Trinajstić information content (AvgIpc) is 2.78. The highest BCUT2D eigenvalue weighted by atomic mass is 32.1. The zero-order valence-electron chi connectivity index (χ0n) is 7.97. The zero-order valence-corrected chi connectivity index (χ0v) is 8.79. The number of hydrogen-bond acceptors (Lipinski definition) is 2. The summed E-state index contributed by atoms with van der Waals surface area (Å²) in [4.78, 5) is 4.03. The zero-order chi connectivity index (χ0) is 10.1. The van der Waals surface area contributed by atoms with Crippen molar-refractivity contribution in [3.63, 3.8) is 0 Å². The average molecular weight is 210 g/mol. The molecule has 2 heteroatoms. The lowest BCUT2D eigenvalue weighted by Crippen LogP contribution is -1.78. The van der Waals surface area contributed by atoms with Crippen molar-refractivity contribution in [3.05, 3.63) is 54.2 Å². The Morgan fingerprint density at radius 3 is 2.80 bits per heavy atom. The molecule has 0 aliphatic rings. The van der Waals surface area contributed by atoms with Crippen molar-refractivity contribution in [2.24, 2.45) is 0 Å². The fourth-order valence-electron chi connectivity index (χ4n) is 1.67. The van der Waals surface area contributed by atoms with Crippen molar-refractivity contribution >= 4 is 21.4 Å². The maximum absolute atomic E-state index is 4.03. The van der Waals surface area contributed by atoms with Gasteiger partial charge in [0.05, 0.1) is 0 Å². The third kappa shape index (κ3) is 1.43. The summed E-state index contributed by atoms with van der Waals surface area (Å²) in [5.41, 5.74) is 2.35. The molecule has 0 saturated carbocycles. The topological polar surface area (TPSA) is 12.9 Å². The standard InChI is InChI=1S/C13H8NS/c1-2-11-6-9-15-13(11)12(3-1)10-4-7-14-8-5-10/h1-2,4-9H. The highest BCUT2D eigenvalue weighted by Gasteiger charge is 2.03. The van der Waals surface area contributed by atoms with Crippen LogP contribution in [-0.2, 0) is 0 Å². The van der Waals surface area contributed by atoms with Gasteiger partial charge in [0, 0.05) is 22.7 Å². The van der Waals surface area contributed by atoms with Gasteiger partial charge in [-0.2, -0.15) is 0 Å². The largest absolute Gasteiger partial charge is 0.265 e. The van der Waals surface area contributed by atoms with E-state index in [9.17, 15) is 0 Å². The second-order valence-electron chi connectivity index (χ2n) is 3.29. The summed E-state index contributed by atoms with van der Waals surface area (Å²) in [6, 6.07) is 13.5. The number of thiophene rings is 1. The lowest BCUT2D eigenvalue weighted by Gasteiger charge is -2.01. The predicted molar refractivity (Wildman–Crippen MR) is 63.9 cm³/mol. The van der Waals surface area contributed by atoms with Crippen molar-refractivity contribution in [2.45, 2.75) is 0 Å². The van der Waals surface area contributed by atoms with Gasteiger partial charge in [0.2, 0.25) is 0 Å². The molecular formula is C13H8NS. The van der Waals surface area contributed by atoms with Crippen LogP contribution >= 0.6 is 11.3 Å². The predicted octanol–water partition coefficient (Wildman–Crippen LogP) is 3.76. The second-order valence-corrected chi connectivity index (χ2v) is 4.21. The SMILES string of the molecule is [c]1ccc2ccsc2c1-c1ccncc1. The third-order valence-electron chi connectivity index (χ3n) is 2.38. The van der Waals surface area contributed by atoms with E-state index in [4.69, 9.17) is 0 Å². The summed E-state index contributed by atoms with van der Waals surface area (Å²) < 4.78 is 1.30. The Labute approximate surface area is 92.0 Å². The number of fused-ring (bicyclic) bond motifs is 1. The van der Waals surface area contributed by atoms with E-state index in [-0.39, 0.29) is 0 Å². The van der Waals surface area contributed by atoms with E-state index < -0.39 is 0 Å². The maximum Gasteiger partial charge on any atom is 0.0427 e. The normalized spacial score (nSPS) is 10.7. The number of pyridine rings is 1. The molecule has 3 aromatic rings. The van der Waals surface area contributed by atoms with Gasteiger partial charge in [-0.25, -0.2) is 0 Å². The van der Waals surface area contributed by atoms with E-state index in [2.05, 4.69) is 28.6 Å². The summed E-state index contributed by atoms with van der Waals surface area (Å²) in [6.07, 6.45) is 3.63. The van der Waals surface area contributed by atoms with E-state index in [0.717, 1.165) is 0 Å². The van der Waals surface area contributed by atoms with Crippen LogP contribution in [0.3, 0.4) is 0 Å². The van der Waals surface area contributed by atoms with Crippen molar-refractivity contribution in [2.75, 3.05) is 0 Å². The first-order valence-corrected chi connectivity index (χ1v) is 5.61. The van der Waals surface area contributed by atoms with Gasteiger partial charge in [-0.05, 0) is 40.6 Å². The van der Waals surface area contributed by atoms with Crippen LogP contribution in [0, 0.1) is 6.07 Å². The first-order chi connectivity index (χ1) is 7.45. The molecule has 2 aromatic heterocycles. The highest BCUT2D eigenvalue weighted by molar-refractivity contribution is 7.17. The number of benzene rings is 1. The molecule has 0 unspecified atom stereocenters. The lowest BCUT2D eigenvalue weighted by molar-refractivity contribution is 1.33. The molecule has 0 amide bonds. The lowest BCUT2D eigenvalue weighted by atomic mass is 10.1. The molecule has 0 fully saturated rings. The maximum atomic E-state index is 4.03. The van der Waals surface area contributed by atoms with Crippen molar-refractivity contribution in [3.8, 4) is 11.1 Å². The molecule has 0 spiro atoms. The Morgan fingerprint density at radius 1 is 1.07 bits per heavy atom. The molecule has 0 aliphatic heterocycles. The number of nitrogens with zero attached hydrogens (tertiary/aromatic N) is 1. The molecule has 1 aromatic carbocycles. The van der Waals surface area contributed by atoms with Crippen molar-refractivity contribution in [1.82, 2.24) is 4.98 Å². The molecule has 0 N–H and O–H groups in total. The fraction of sp³-hybridized carbons (Fsp3) is 0. The van der Waals surface area contributed by atoms with Gasteiger partial charge >= 0.3 is 0 Å². The van der Waals surface area contributed by atoms with E-state index in [1.807, 2.05) is 30.6 Å². The van der Waals surface area contributed by atoms with Crippen LogP contribution in [0.15, 0.2) is 48.1 Å². The summed E-state index contributed by atoms with van der Waals surface area (Å²) in [6.45, 7) is 0. The van der Waals surface area contributed by atoms with Crippen molar-refractivity contribution in [1.29, 1.82) is 0 Å². The van der Waals surface area contributed by atoms with Gasteiger partial charge in [-0.15, -0.1) is 11.3 Å². The third-order valence-corrected chi connectivity index (χ3v) is 3.33. The minimum Gasteiger partial charge on any atom is -0.265 e. The number of aromatic nitrogens is 1. The summed E-state index contributed by atoms with van der Waals surface area (Å²) >= 11 is 1.76. The van der Waals surface area contributed by atoms with Crippen LogP contribution in [-0.4, -0.2) is 4.98 Å². The van der Waals surface area contributed by atoms with Gasteiger partial charge in [-0.3, -0.25) is 4.98 Å². The minimum atomic E-state index is 1.17. The van der Waals surface area contributed by atoms with Crippen LogP contribution in [0.2, 0.25) is 0 Å². The minimum absolute atomic E-state index is 1.17. The van der Waals surface area contributed by atoms with E-state index in [1.54, 1.807) is 11.3 Å². The molecule has 0 saturated heterocycles. The molecule has 15 heavy (non-hydrogen) atoms. The van der Waals surface area contributed by atoms with Gasteiger partial charge in [0.15, 0.2) is 0 Å². The van der Waals surface area contributed by atoms with E-state index in [0.29, 0.717) is 0 Å².